The normalized spacial score (nSPS) is 11.8. The van der Waals surface area contributed by atoms with Crippen LogP contribution in [0.3, 0.4) is 0 Å². The molecule has 37 heavy (non-hydrogen) atoms. The summed E-state index contributed by atoms with van der Waals surface area (Å²) in [6, 6.07) is 35.5. The van der Waals surface area contributed by atoms with Crippen LogP contribution < -0.4 is 4.74 Å². The highest BCUT2D eigenvalue weighted by Gasteiger charge is 2.22. The molecule has 6 aromatic rings. The lowest BCUT2D eigenvalue weighted by Crippen LogP contribution is -2.12. The second-order valence-corrected chi connectivity index (χ2v) is 11.2. The number of benzene rings is 4. The lowest BCUT2D eigenvalue weighted by Gasteiger charge is -2.20. The molecule has 0 spiro atoms. The van der Waals surface area contributed by atoms with Crippen LogP contribution in [0.1, 0.15) is 26.3 Å². The average molecular weight is 547 g/mol. The van der Waals surface area contributed by atoms with E-state index in [-0.39, 0.29) is 5.41 Å². The van der Waals surface area contributed by atoms with Gasteiger partial charge in [0.2, 0.25) is 0 Å². The lowest BCUT2D eigenvalue weighted by atomic mass is 9.88. The molecule has 0 N–H and O–H groups in total. The molecule has 182 valence electrons. The van der Waals surface area contributed by atoms with Crippen LogP contribution in [-0.2, 0) is 5.41 Å². The predicted octanol–water partition coefficient (Wildman–Crippen LogP) is 9.70. The number of para-hydroxylation sites is 1. The number of rotatable bonds is 4. The Morgan fingerprint density at radius 2 is 1.54 bits per heavy atom. The van der Waals surface area contributed by atoms with Crippen molar-refractivity contribution >= 4 is 37.7 Å². The minimum Gasteiger partial charge on any atom is -0.457 e. The molecule has 0 amide bonds. The van der Waals surface area contributed by atoms with E-state index in [0.29, 0.717) is 0 Å². The lowest BCUT2D eigenvalue weighted by molar-refractivity contribution is 0.484. The molecule has 0 unspecified atom stereocenters. The van der Waals surface area contributed by atoms with Crippen LogP contribution in [0.2, 0.25) is 0 Å². The highest BCUT2D eigenvalue weighted by atomic mass is 79.9. The van der Waals surface area contributed by atoms with Crippen LogP contribution >= 0.6 is 15.9 Å². The first-order chi connectivity index (χ1) is 17.9. The van der Waals surface area contributed by atoms with Gasteiger partial charge in [0.15, 0.2) is 0 Å². The van der Waals surface area contributed by atoms with Gasteiger partial charge >= 0.3 is 0 Å². The number of aromatic nitrogens is 2. The molecule has 0 fully saturated rings. The maximum absolute atomic E-state index is 6.55. The Morgan fingerprint density at radius 3 is 2.32 bits per heavy atom. The number of ether oxygens (including phenoxy) is 1. The average Bonchev–Trinajstić information content (AvgIpc) is 3.23. The SMILES string of the molecule is CC(C)(C)c1ccnc(-n2c3ccccc3c3ccc(Oc4cccc(Br)c4)c(-c4ccccc4)c32)c1. The Hall–Kier alpha value is -3.89. The van der Waals surface area contributed by atoms with Crippen molar-refractivity contribution in [1.29, 1.82) is 0 Å². The molecule has 2 aromatic heterocycles. The number of hydrogen-bond donors (Lipinski definition) is 0. The van der Waals surface area contributed by atoms with E-state index in [1.807, 2.05) is 36.5 Å². The minimum absolute atomic E-state index is 0.00762. The summed E-state index contributed by atoms with van der Waals surface area (Å²) in [5.41, 5.74) is 5.58. The zero-order chi connectivity index (χ0) is 25.6. The molecule has 0 aliphatic heterocycles. The van der Waals surface area contributed by atoms with E-state index in [0.717, 1.165) is 43.9 Å². The molecule has 0 radical (unpaired) electrons. The van der Waals surface area contributed by atoms with Crippen molar-refractivity contribution in [1.82, 2.24) is 9.55 Å². The summed E-state index contributed by atoms with van der Waals surface area (Å²) in [7, 11) is 0. The molecule has 3 nitrogen and oxygen atoms in total. The minimum atomic E-state index is 0.00762. The van der Waals surface area contributed by atoms with Crippen LogP contribution in [-0.4, -0.2) is 9.55 Å². The molecule has 4 aromatic carbocycles. The highest BCUT2D eigenvalue weighted by Crippen LogP contribution is 2.44. The Balaban J connectivity index is 1.72. The van der Waals surface area contributed by atoms with E-state index >= 15 is 0 Å². The van der Waals surface area contributed by atoms with Gasteiger partial charge in [-0.25, -0.2) is 4.98 Å². The van der Waals surface area contributed by atoms with Gasteiger partial charge < -0.3 is 4.74 Å². The third-order valence-corrected chi connectivity index (χ3v) is 7.22. The Kier molecular flexibility index (Phi) is 5.85. The zero-order valence-electron chi connectivity index (χ0n) is 21.1. The summed E-state index contributed by atoms with van der Waals surface area (Å²) >= 11 is 3.57. The second kappa shape index (κ2) is 9.20. The van der Waals surface area contributed by atoms with Crippen molar-refractivity contribution in [2.24, 2.45) is 0 Å². The van der Waals surface area contributed by atoms with E-state index in [9.17, 15) is 0 Å². The van der Waals surface area contributed by atoms with Crippen LogP contribution in [0, 0.1) is 0 Å². The second-order valence-electron chi connectivity index (χ2n) is 10.3. The molecule has 0 aliphatic carbocycles. The zero-order valence-corrected chi connectivity index (χ0v) is 22.7. The van der Waals surface area contributed by atoms with Gasteiger partial charge in [-0.2, -0.15) is 0 Å². The largest absolute Gasteiger partial charge is 0.457 e. The van der Waals surface area contributed by atoms with Crippen molar-refractivity contribution in [3.05, 3.63) is 119 Å². The smallest absolute Gasteiger partial charge is 0.137 e. The Bertz CT molecular complexity index is 1750. The van der Waals surface area contributed by atoms with Crippen molar-refractivity contribution < 1.29 is 4.74 Å². The summed E-state index contributed by atoms with van der Waals surface area (Å²) < 4.78 is 9.82. The number of fused-ring (bicyclic) bond motifs is 3. The van der Waals surface area contributed by atoms with Crippen LogP contribution in [0.4, 0.5) is 0 Å². The molecule has 2 heterocycles. The third-order valence-electron chi connectivity index (χ3n) is 6.73. The molecule has 0 bridgehead atoms. The van der Waals surface area contributed by atoms with Gasteiger partial charge in [-0.1, -0.05) is 91.3 Å². The summed E-state index contributed by atoms with van der Waals surface area (Å²) in [6.45, 7) is 6.70. The van der Waals surface area contributed by atoms with Gasteiger partial charge in [0.05, 0.1) is 11.0 Å². The summed E-state index contributed by atoms with van der Waals surface area (Å²) in [4.78, 5) is 4.87. The quantitative estimate of drug-likeness (QED) is 0.220. The predicted molar refractivity (Wildman–Crippen MR) is 157 cm³/mol. The first-order valence-corrected chi connectivity index (χ1v) is 13.2. The van der Waals surface area contributed by atoms with Gasteiger partial charge in [0, 0.05) is 27.0 Å². The Morgan fingerprint density at radius 1 is 0.757 bits per heavy atom. The molecule has 4 heteroatoms. The number of halogens is 1. The third kappa shape index (κ3) is 4.32. The number of pyridine rings is 1. The summed E-state index contributed by atoms with van der Waals surface area (Å²) in [5.74, 6) is 2.48. The topological polar surface area (TPSA) is 27.1 Å². The van der Waals surface area contributed by atoms with Gasteiger partial charge in [-0.05, 0) is 65.1 Å². The van der Waals surface area contributed by atoms with Crippen LogP contribution in [0.25, 0.3) is 38.8 Å². The summed E-state index contributed by atoms with van der Waals surface area (Å²) in [5, 5.41) is 2.35. The molecule has 6 rings (SSSR count). The maximum Gasteiger partial charge on any atom is 0.137 e. The van der Waals surface area contributed by atoms with Crippen LogP contribution in [0.15, 0.2) is 114 Å². The summed E-state index contributed by atoms with van der Waals surface area (Å²) in [6.07, 6.45) is 1.92. The van der Waals surface area contributed by atoms with Crippen molar-refractivity contribution in [2.75, 3.05) is 0 Å². The van der Waals surface area contributed by atoms with Gasteiger partial charge in [-0.3, -0.25) is 4.57 Å². The van der Waals surface area contributed by atoms with E-state index < -0.39 is 0 Å². The maximum atomic E-state index is 6.55. The molecule has 0 saturated carbocycles. The Labute approximate surface area is 225 Å². The van der Waals surface area contributed by atoms with E-state index in [4.69, 9.17) is 9.72 Å². The first-order valence-electron chi connectivity index (χ1n) is 12.4. The van der Waals surface area contributed by atoms with Gasteiger partial charge in [0.25, 0.3) is 0 Å². The van der Waals surface area contributed by atoms with E-state index in [2.05, 4.69) is 114 Å². The first kappa shape index (κ1) is 23.5. The molecular formula is C33H27BrN2O. The standard InChI is InChI=1S/C33H27BrN2O/c1-33(2,3)23-18-19-35-30(20-23)36-28-15-8-7-14-26(28)27-16-17-29(37-25-13-9-12-24(34)21-25)31(32(27)36)22-10-5-4-6-11-22/h4-21H,1-3H3. The van der Waals surface area contributed by atoms with Gasteiger partial charge in [0.1, 0.15) is 17.3 Å². The van der Waals surface area contributed by atoms with Gasteiger partial charge in [-0.15, -0.1) is 0 Å². The van der Waals surface area contributed by atoms with Crippen molar-refractivity contribution in [2.45, 2.75) is 26.2 Å². The highest BCUT2D eigenvalue weighted by molar-refractivity contribution is 9.10. The number of nitrogens with zero attached hydrogens (tertiary/aromatic N) is 2. The van der Waals surface area contributed by atoms with E-state index in [1.54, 1.807) is 0 Å². The number of hydrogen-bond acceptors (Lipinski definition) is 2. The monoisotopic (exact) mass is 546 g/mol. The van der Waals surface area contributed by atoms with Crippen molar-refractivity contribution in [3.63, 3.8) is 0 Å². The molecule has 0 aliphatic rings. The fourth-order valence-corrected chi connectivity index (χ4v) is 5.29. The molecular weight excluding hydrogens is 520 g/mol. The van der Waals surface area contributed by atoms with Crippen LogP contribution in [0.5, 0.6) is 11.5 Å². The van der Waals surface area contributed by atoms with Crippen molar-refractivity contribution in [3.8, 4) is 28.4 Å². The van der Waals surface area contributed by atoms with E-state index in [1.165, 1.54) is 16.3 Å². The fraction of sp³-hybridized carbons (Fsp3) is 0.121. The fourth-order valence-electron chi connectivity index (χ4n) is 4.91. The molecule has 0 atom stereocenters. The molecule has 0 saturated heterocycles.